The zero-order chi connectivity index (χ0) is 18.0. The molecule has 3 rings (SSSR count). The van der Waals surface area contributed by atoms with Crippen LogP contribution in [0, 0.1) is 0 Å². The van der Waals surface area contributed by atoms with Crippen LogP contribution in [-0.2, 0) is 6.42 Å². The topological polar surface area (TPSA) is 67.8 Å². The van der Waals surface area contributed by atoms with E-state index in [1.165, 1.54) is 11.3 Å². The molecule has 2 heterocycles. The van der Waals surface area contributed by atoms with Crippen LogP contribution in [0.4, 0.5) is 5.13 Å². The quantitative estimate of drug-likeness (QED) is 0.560. The molecule has 0 radical (unpaired) electrons. The van der Waals surface area contributed by atoms with Crippen LogP contribution in [0.1, 0.15) is 21.1 Å². The monoisotopic (exact) mass is 432 g/mol. The first-order valence-electron chi connectivity index (χ1n) is 6.83. The summed E-state index contributed by atoms with van der Waals surface area (Å²) in [5, 5.41) is 11.4. The second kappa shape index (κ2) is 7.85. The second-order valence-electron chi connectivity index (χ2n) is 4.81. The average Bonchev–Trinajstić information content (AvgIpc) is 3.04. The molecule has 0 saturated carbocycles. The highest BCUT2D eigenvalue weighted by molar-refractivity contribution is 7.15. The lowest BCUT2D eigenvalue weighted by Crippen LogP contribution is -2.14. The Morgan fingerprint density at radius 1 is 1.00 bits per heavy atom. The third kappa shape index (κ3) is 4.22. The maximum absolute atomic E-state index is 12.3. The van der Waals surface area contributed by atoms with E-state index in [1.54, 1.807) is 0 Å². The molecule has 0 unspecified atom stereocenters. The lowest BCUT2D eigenvalue weighted by molar-refractivity contribution is 0.102. The Bertz CT molecular complexity index is 933. The summed E-state index contributed by atoms with van der Waals surface area (Å²) >= 11 is 24.9. The number of halogens is 4. The molecular formula is C15H8Cl4N4OS. The number of anilines is 1. The molecule has 0 aliphatic heterocycles. The fourth-order valence-corrected chi connectivity index (χ4v) is 3.52. The average molecular weight is 434 g/mol. The minimum atomic E-state index is -0.604. The first-order chi connectivity index (χ1) is 12.0. The number of amides is 1. The van der Waals surface area contributed by atoms with Gasteiger partial charge in [0.05, 0.1) is 15.1 Å². The Kier molecular flexibility index (Phi) is 5.76. The largest absolute Gasteiger partial charge is 0.295 e. The minimum absolute atomic E-state index is 0.00838. The third-order valence-corrected chi connectivity index (χ3v) is 5.60. The van der Waals surface area contributed by atoms with Crippen LogP contribution in [0.25, 0.3) is 0 Å². The van der Waals surface area contributed by atoms with Crippen LogP contribution >= 0.6 is 57.7 Å². The number of rotatable bonds is 4. The van der Waals surface area contributed by atoms with Crippen molar-refractivity contribution in [3.8, 4) is 0 Å². The number of carbonyl (C=O) groups is 1. The summed E-state index contributed by atoms with van der Waals surface area (Å²) in [7, 11) is 0. The summed E-state index contributed by atoms with van der Waals surface area (Å²) in [5.74, 6) is -0.604. The predicted molar refractivity (Wildman–Crippen MR) is 101 cm³/mol. The van der Waals surface area contributed by atoms with E-state index in [9.17, 15) is 4.79 Å². The van der Waals surface area contributed by atoms with Crippen LogP contribution in [0.15, 0.2) is 30.3 Å². The van der Waals surface area contributed by atoms with Crippen LogP contribution in [0.2, 0.25) is 20.2 Å². The molecule has 2 aromatic heterocycles. The molecule has 0 atom stereocenters. The zero-order valence-corrected chi connectivity index (χ0v) is 16.1. The Hall–Kier alpha value is -1.44. The van der Waals surface area contributed by atoms with Gasteiger partial charge in [-0.2, -0.15) is 0 Å². The molecule has 0 aliphatic rings. The van der Waals surface area contributed by atoms with Crippen molar-refractivity contribution in [1.29, 1.82) is 0 Å². The van der Waals surface area contributed by atoms with Crippen molar-refractivity contribution >= 4 is 68.8 Å². The number of pyridine rings is 1. The van der Waals surface area contributed by atoms with E-state index in [2.05, 4.69) is 20.5 Å². The molecule has 3 aromatic rings. The van der Waals surface area contributed by atoms with E-state index in [-0.39, 0.29) is 25.9 Å². The highest BCUT2D eigenvalue weighted by atomic mass is 35.5. The molecule has 0 spiro atoms. The van der Waals surface area contributed by atoms with Crippen molar-refractivity contribution in [3.63, 3.8) is 0 Å². The van der Waals surface area contributed by atoms with Gasteiger partial charge in [0.1, 0.15) is 10.2 Å². The van der Waals surface area contributed by atoms with Crippen LogP contribution < -0.4 is 5.32 Å². The van der Waals surface area contributed by atoms with Crippen LogP contribution in [0.5, 0.6) is 0 Å². The van der Waals surface area contributed by atoms with Gasteiger partial charge in [-0.15, -0.1) is 10.2 Å². The molecule has 0 saturated heterocycles. The van der Waals surface area contributed by atoms with Gasteiger partial charge in [0.25, 0.3) is 5.91 Å². The zero-order valence-electron chi connectivity index (χ0n) is 12.3. The van der Waals surface area contributed by atoms with Gasteiger partial charge in [0.2, 0.25) is 5.13 Å². The number of hydrogen-bond acceptors (Lipinski definition) is 5. The van der Waals surface area contributed by atoms with Crippen LogP contribution in [0.3, 0.4) is 0 Å². The smallest absolute Gasteiger partial charge is 0.277 e. The van der Waals surface area contributed by atoms with Gasteiger partial charge in [0.15, 0.2) is 5.69 Å². The van der Waals surface area contributed by atoms with Gasteiger partial charge < -0.3 is 0 Å². The summed E-state index contributed by atoms with van der Waals surface area (Å²) in [5.41, 5.74) is 0.957. The maximum atomic E-state index is 12.3. The van der Waals surface area contributed by atoms with Crippen molar-refractivity contribution in [3.05, 3.63) is 66.8 Å². The fourth-order valence-electron chi connectivity index (χ4n) is 1.94. The highest BCUT2D eigenvalue weighted by Crippen LogP contribution is 2.36. The summed E-state index contributed by atoms with van der Waals surface area (Å²) < 4.78 is 0. The number of carbonyl (C=O) groups excluding carboxylic acids is 1. The van der Waals surface area contributed by atoms with Crippen molar-refractivity contribution in [2.75, 3.05) is 5.32 Å². The molecule has 1 N–H and O–H groups in total. The molecule has 10 heteroatoms. The number of nitrogens with zero attached hydrogens (tertiary/aromatic N) is 3. The van der Waals surface area contributed by atoms with Crippen molar-refractivity contribution in [2.45, 2.75) is 6.42 Å². The number of aromatic nitrogens is 3. The number of benzene rings is 1. The summed E-state index contributed by atoms with van der Waals surface area (Å²) in [4.78, 5) is 16.2. The highest BCUT2D eigenvalue weighted by Gasteiger charge is 2.21. The molecule has 0 bridgehead atoms. The first kappa shape index (κ1) is 18.4. The molecule has 0 fully saturated rings. The van der Waals surface area contributed by atoms with Gasteiger partial charge in [0, 0.05) is 6.42 Å². The third-order valence-electron chi connectivity index (χ3n) is 3.08. The fraction of sp³-hybridized carbons (Fsp3) is 0.0667. The Morgan fingerprint density at radius 3 is 2.44 bits per heavy atom. The lowest BCUT2D eigenvalue weighted by atomic mass is 10.2. The van der Waals surface area contributed by atoms with Gasteiger partial charge >= 0.3 is 0 Å². The molecule has 5 nitrogen and oxygen atoms in total. The van der Waals surface area contributed by atoms with Gasteiger partial charge in [-0.05, 0) is 5.56 Å². The predicted octanol–water partition coefficient (Wildman–Crippen LogP) is 5.39. The van der Waals surface area contributed by atoms with Crippen molar-refractivity contribution in [1.82, 2.24) is 15.2 Å². The summed E-state index contributed by atoms with van der Waals surface area (Å²) in [6.07, 6.45) is 0.617. The van der Waals surface area contributed by atoms with Crippen molar-refractivity contribution < 1.29 is 4.79 Å². The van der Waals surface area contributed by atoms with E-state index >= 15 is 0 Å². The molecular weight excluding hydrogens is 426 g/mol. The minimum Gasteiger partial charge on any atom is -0.295 e. The SMILES string of the molecule is O=C(Nc1nnc(Cc2ccccc2)s1)c1nc(Cl)c(Cl)c(Cl)c1Cl. The second-order valence-corrected chi connectivity index (χ2v) is 7.36. The molecule has 0 aliphatic carbocycles. The van der Waals surface area contributed by atoms with Gasteiger partial charge in [-0.1, -0.05) is 88.1 Å². The van der Waals surface area contributed by atoms with E-state index < -0.39 is 5.91 Å². The van der Waals surface area contributed by atoms with E-state index in [4.69, 9.17) is 46.4 Å². The number of nitrogens with one attached hydrogen (secondary N) is 1. The molecule has 25 heavy (non-hydrogen) atoms. The Labute approximate surface area is 166 Å². The Balaban J connectivity index is 1.76. The Morgan fingerprint density at radius 2 is 1.72 bits per heavy atom. The van der Waals surface area contributed by atoms with E-state index in [0.717, 1.165) is 10.6 Å². The van der Waals surface area contributed by atoms with Gasteiger partial charge in [-0.3, -0.25) is 10.1 Å². The summed E-state index contributed by atoms with van der Waals surface area (Å²) in [6.45, 7) is 0. The summed E-state index contributed by atoms with van der Waals surface area (Å²) in [6, 6.07) is 9.80. The molecule has 1 amide bonds. The molecule has 1 aromatic carbocycles. The van der Waals surface area contributed by atoms with Gasteiger partial charge in [-0.25, -0.2) is 4.98 Å². The molecule has 128 valence electrons. The van der Waals surface area contributed by atoms with E-state index in [1.807, 2.05) is 30.3 Å². The number of hydrogen-bond donors (Lipinski definition) is 1. The maximum Gasteiger partial charge on any atom is 0.277 e. The lowest BCUT2D eigenvalue weighted by Gasteiger charge is -2.07. The van der Waals surface area contributed by atoms with Crippen LogP contribution in [-0.4, -0.2) is 21.1 Å². The van der Waals surface area contributed by atoms with Crippen molar-refractivity contribution in [2.24, 2.45) is 0 Å². The standard InChI is InChI=1S/C15H8Cl4N4OS/c16-9-10(17)12(20-13(19)11(9)18)14(24)21-15-23-22-8(25-15)6-7-4-2-1-3-5-7/h1-5H,6H2,(H,21,23,24). The normalized spacial score (nSPS) is 10.7. The van der Waals surface area contributed by atoms with E-state index in [0.29, 0.717) is 11.6 Å². The first-order valence-corrected chi connectivity index (χ1v) is 9.16.